The fourth-order valence-electron chi connectivity index (χ4n) is 2.70. The average Bonchev–Trinajstić information content (AvgIpc) is 2.87. The van der Waals surface area contributed by atoms with Gasteiger partial charge in [0.15, 0.2) is 0 Å². The Balaban J connectivity index is 1.75. The van der Waals surface area contributed by atoms with Crippen molar-refractivity contribution in [3.05, 3.63) is 52.5 Å². The van der Waals surface area contributed by atoms with E-state index >= 15 is 0 Å². The minimum atomic E-state index is -1.05. The SMILES string of the molecule is COc1ccc(N2C(=O)C(=O)N(CC(=O)Nc3ccc(Br)cc3C)C2=O)cc1. The van der Waals surface area contributed by atoms with Gasteiger partial charge in [0.25, 0.3) is 0 Å². The van der Waals surface area contributed by atoms with E-state index in [4.69, 9.17) is 4.74 Å². The van der Waals surface area contributed by atoms with Gasteiger partial charge in [-0.2, -0.15) is 0 Å². The van der Waals surface area contributed by atoms with Crippen LogP contribution in [-0.2, 0) is 14.4 Å². The predicted molar refractivity (Wildman–Crippen MR) is 105 cm³/mol. The Morgan fingerprint density at radius 2 is 1.75 bits per heavy atom. The van der Waals surface area contributed by atoms with Crippen LogP contribution in [0.4, 0.5) is 16.2 Å². The fraction of sp³-hybridized carbons (Fsp3) is 0.158. The molecule has 9 heteroatoms. The fourth-order valence-corrected chi connectivity index (χ4v) is 3.18. The lowest BCUT2D eigenvalue weighted by Gasteiger charge is -2.16. The number of aryl methyl sites for hydroxylation is 1. The van der Waals surface area contributed by atoms with Gasteiger partial charge in [-0.15, -0.1) is 0 Å². The standard InChI is InChI=1S/C19H16BrN3O5/c1-11-9-12(20)3-8-15(11)21-16(24)10-22-17(25)18(26)23(19(22)27)13-4-6-14(28-2)7-5-13/h3-9H,10H2,1-2H3,(H,21,24). The molecule has 1 heterocycles. The highest BCUT2D eigenvalue weighted by molar-refractivity contribution is 9.10. The quantitative estimate of drug-likeness (QED) is 0.563. The monoisotopic (exact) mass is 445 g/mol. The number of carbonyl (C=O) groups is 4. The van der Waals surface area contributed by atoms with Crippen molar-refractivity contribution in [1.29, 1.82) is 0 Å². The number of nitrogens with zero attached hydrogens (tertiary/aromatic N) is 2. The maximum Gasteiger partial charge on any atom is 0.339 e. The predicted octanol–water partition coefficient (Wildman–Crippen LogP) is 2.70. The topological polar surface area (TPSA) is 96.0 Å². The number of urea groups is 1. The molecule has 0 spiro atoms. The number of benzene rings is 2. The van der Waals surface area contributed by atoms with Gasteiger partial charge in [0.05, 0.1) is 12.8 Å². The number of nitrogens with one attached hydrogen (secondary N) is 1. The largest absolute Gasteiger partial charge is 0.497 e. The highest BCUT2D eigenvalue weighted by Crippen LogP contribution is 2.25. The van der Waals surface area contributed by atoms with Crippen molar-refractivity contribution in [1.82, 2.24) is 4.90 Å². The van der Waals surface area contributed by atoms with E-state index in [1.165, 1.54) is 19.2 Å². The molecule has 0 saturated carbocycles. The molecule has 0 atom stereocenters. The van der Waals surface area contributed by atoms with E-state index in [0.717, 1.165) is 14.9 Å². The molecule has 8 nitrogen and oxygen atoms in total. The zero-order valence-electron chi connectivity index (χ0n) is 15.1. The third-order valence-corrected chi connectivity index (χ3v) is 4.64. The van der Waals surface area contributed by atoms with Crippen LogP contribution < -0.4 is 15.0 Å². The first-order valence-electron chi connectivity index (χ1n) is 8.22. The third kappa shape index (κ3) is 3.74. The van der Waals surface area contributed by atoms with E-state index < -0.39 is 30.3 Å². The van der Waals surface area contributed by atoms with Crippen LogP contribution >= 0.6 is 15.9 Å². The number of halogens is 1. The Kier molecular flexibility index (Phi) is 5.46. The van der Waals surface area contributed by atoms with Crippen LogP contribution in [0.5, 0.6) is 5.75 Å². The summed E-state index contributed by atoms with van der Waals surface area (Å²) in [6.07, 6.45) is 0. The highest BCUT2D eigenvalue weighted by atomic mass is 79.9. The van der Waals surface area contributed by atoms with E-state index in [1.807, 2.05) is 13.0 Å². The summed E-state index contributed by atoms with van der Waals surface area (Å²) in [5.41, 5.74) is 1.57. The summed E-state index contributed by atoms with van der Waals surface area (Å²) in [6, 6.07) is 10.5. The van der Waals surface area contributed by atoms with Gasteiger partial charge in [0.2, 0.25) is 5.91 Å². The minimum absolute atomic E-state index is 0.218. The third-order valence-electron chi connectivity index (χ3n) is 4.15. The summed E-state index contributed by atoms with van der Waals surface area (Å²) < 4.78 is 5.89. The first kappa shape index (κ1) is 19.6. The van der Waals surface area contributed by atoms with E-state index in [2.05, 4.69) is 21.2 Å². The summed E-state index contributed by atoms with van der Waals surface area (Å²) >= 11 is 3.33. The van der Waals surface area contributed by atoms with Gasteiger partial charge in [-0.1, -0.05) is 15.9 Å². The Labute approximate surface area is 169 Å². The van der Waals surface area contributed by atoms with Crippen LogP contribution in [0.2, 0.25) is 0 Å². The maximum atomic E-state index is 12.6. The number of hydrogen-bond acceptors (Lipinski definition) is 5. The first-order valence-corrected chi connectivity index (χ1v) is 9.01. The molecular weight excluding hydrogens is 430 g/mol. The number of ether oxygens (including phenoxy) is 1. The van der Waals surface area contributed by atoms with Crippen LogP contribution in [0, 0.1) is 6.92 Å². The van der Waals surface area contributed by atoms with Crippen molar-refractivity contribution in [2.45, 2.75) is 6.92 Å². The highest BCUT2D eigenvalue weighted by Gasteiger charge is 2.46. The molecule has 0 radical (unpaired) electrons. The summed E-state index contributed by atoms with van der Waals surface area (Å²) in [6.45, 7) is 1.24. The molecule has 1 fully saturated rings. The van der Waals surface area contributed by atoms with Crippen LogP contribution in [0.1, 0.15) is 5.56 Å². The van der Waals surface area contributed by atoms with Gasteiger partial charge in [0.1, 0.15) is 12.3 Å². The van der Waals surface area contributed by atoms with Gasteiger partial charge in [0, 0.05) is 10.2 Å². The molecule has 0 unspecified atom stereocenters. The van der Waals surface area contributed by atoms with Gasteiger partial charge in [-0.3, -0.25) is 14.4 Å². The number of imide groups is 2. The number of methoxy groups -OCH3 is 1. The van der Waals surface area contributed by atoms with Crippen LogP contribution in [0.15, 0.2) is 46.9 Å². The summed E-state index contributed by atoms with van der Waals surface area (Å²) in [4.78, 5) is 50.7. The molecule has 1 saturated heterocycles. The lowest BCUT2D eigenvalue weighted by Crippen LogP contribution is -2.39. The van der Waals surface area contributed by atoms with Crippen molar-refractivity contribution in [2.75, 3.05) is 23.9 Å². The summed E-state index contributed by atoms with van der Waals surface area (Å²) in [5.74, 6) is -2.11. The molecular formula is C19H16BrN3O5. The average molecular weight is 446 g/mol. The maximum absolute atomic E-state index is 12.6. The molecule has 0 aliphatic carbocycles. The lowest BCUT2D eigenvalue weighted by molar-refractivity contribution is -0.140. The molecule has 0 bridgehead atoms. The van der Waals surface area contributed by atoms with Crippen LogP contribution in [0.3, 0.4) is 0 Å². The van der Waals surface area contributed by atoms with Crippen molar-refractivity contribution in [3.8, 4) is 5.75 Å². The Hall–Kier alpha value is -3.20. The molecule has 1 aliphatic rings. The first-order chi connectivity index (χ1) is 13.3. The summed E-state index contributed by atoms with van der Waals surface area (Å²) in [5, 5.41) is 2.64. The molecule has 2 aromatic carbocycles. The number of hydrogen-bond donors (Lipinski definition) is 1. The van der Waals surface area contributed by atoms with E-state index in [0.29, 0.717) is 16.3 Å². The molecule has 2 aromatic rings. The lowest BCUT2D eigenvalue weighted by atomic mass is 10.2. The normalized spacial score (nSPS) is 13.9. The molecule has 3 rings (SSSR count). The van der Waals surface area contributed by atoms with Crippen LogP contribution in [-0.4, -0.2) is 42.3 Å². The van der Waals surface area contributed by atoms with E-state index in [1.54, 1.807) is 24.3 Å². The van der Waals surface area contributed by atoms with Crippen molar-refractivity contribution in [2.24, 2.45) is 0 Å². The smallest absolute Gasteiger partial charge is 0.339 e. The Morgan fingerprint density at radius 1 is 1.07 bits per heavy atom. The Bertz CT molecular complexity index is 974. The Morgan fingerprint density at radius 3 is 2.36 bits per heavy atom. The molecule has 28 heavy (non-hydrogen) atoms. The van der Waals surface area contributed by atoms with Crippen molar-refractivity contribution >= 4 is 51.1 Å². The molecule has 1 aliphatic heterocycles. The number of anilines is 2. The summed E-state index contributed by atoms with van der Waals surface area (Å²) in [7, 11) is 1.48. The molecule has 5 amide bonds. The minimum Gasteiger partial charge on any atom is -0.497 e. The molecule has 1 N–H and O–H groups in total. The number of rotatable bonds is 5. The second kappa shape index (κ2) is 7.81. The van der Waals surface area contributed by atoms with Gasteiger partial charge >= 0.3 is 17.8 Å². The zero-order valence-corrected chi connectivity index (χ0v) is 16.6. The number of carbonyl (C=O) groups excluding carboxylic acids is 4. The number of amides is 5. The molecule has 144 valence electrons. The second-order valence-corrected chi connectivity index (χ2v) is 6.94. The van der Waals surface area contributed by atoms with E-state index in [-0.39, 0.29) is 5.69 Å². The second-order valence-electron chi connectivity index (χ2n) is 6.02. The zero-order chi connectivity index (χ0) is 20.4. The van der Waals surface area contributed by atoms with Gasteiger partial charge in [-0.25, -0.2) is 14.6 Å². The van der Waals surface area contributed by atoms with E-state index in [9.17, 15) is 19.2 Å². The van der Waals surface area contributed by atoms with Gasteiger partial charge in [-0.05, 0) is 55.0 Å². The van der Waals surface area contributed by atoms with Crippen molar-refractivity contribution in [3.63, 3.8) is 0 Å². The van der Waals surface area contributed by atoms with Gasteiger partial charge < -0.3 is 10.1 Å². The van der Waals surface area contributed by atoms with Crippen molar-refractivity contribution < 1.29 is 23.9 Å². The molecule has 0 aromatic heterocycles. The van der Waals surface area contributed by atoms with Crippen LogP contribution in [0.25, 0.3) is 0 Å².